The summed E-state index contributed by atoms with van der Waals surface area (Å²) in [4.78, 5) is 27.7. The number of carbonyl (C=O) groups excluding carboxylic acids is 2. The van der Waals surface area contributed by atoms with Gasteiger partial charge in [0.05, 0.1) is 11.4 Å². The van der Waals surface area contributed by atoms with Crippen molar-refractivity contribution >= 4 is 28.9 Å². The van der Waals surface area contributed by atoms with Gasteiger partial charge in [-0.25, -0.2) is 0 Å². The minimum Gasteiger partial charge on any atom is -0.397 e. The van der Waals surface area contributed by atoms with E-state index in [0.717, 1.165) is 43.9 Å². The molecule has 6 nitrogen and oxygen atoms in total. The molecule has 27 heavy (non-hydrogen) atoms. The normalized spacial score (nSPS) is 13.7. The summed E-state index contributed by atoms with van der Waals surface area (Å²) in [6, 6.07) is 14.7. The smallest absolute Gasteiger partial charge is 0.258 e. The van der Waals surface area contributed by atoms with Crippen molar-refractivity contribution in [2.75, 3.05) is 42.6 Å². The summed E-state index contributed by atoms with van der Waals surface area (Å²) >= 11 is 0. The molecular weight excluding hydrogens is 340 g/mol. The van der Waals surface area contributed by atoms with E-state index in [-0.39, 0.29) is 11.8 Å². The summed E-state index contributed by atoms with van der Waals surface area (Å²) in [7, 11) is 1.74. The average molecular weight is 366 g/mol. The van der Waals surface area contributed by atoms with E-state index < -0.39 is 0 Å². The molecule has 2 amide bonds. The van der Waals surface area contributed by atoms with E-state index in [4.69, 9.17) is 5.73 Å². The second kappa shape index (κ2) is 8.58. The largest absolute Gasteiger partial charge is 0.397 e. The van der Waals surface area contributed by atoms with Gasteiger partial charge in [-0.05, 0) is 43.2 Å². The first kappa shape index (κ1) is 18.8. The molecule has 0 radical (unpaired) electrons. The van der Waals surface area contributed by atoms with Crippen molar-refractivity contribution in [1.29, 1.82) is 0 Å². The molecule has 0 bridgehead atoms. The number of amides is 2. The number of hydrogen-bond donors (Lipinski definition) is 2. The molecule has 1 aliphatic rings. The summed E-state index contributed by atoms with van der Waals surface area (Å²) in [5.41, 5.74) is 8.98. The van der Waals surface area contributed by atoms with Crippen LogP contribution in [0.4, 0.5) is 17.1 Å². The van der Waals surface area contributed by atoms with Crippen LogP contribution in [0.15, 0.2) is 48.5 Å². The SMILES string of the molecule is CN(C(=O)c1ccccc1)c1ccc(NCCCN2CCCC2=O)c(N)c1. The Kier molecular flexibility index (Phi) is 5.96. The Hall–Kier alpha value is -3.02. The third kappa shape index (κ3) is 4.58. The van der Waals surface area contributed by atoms with Crippen molar-refractivity contribution < 1.29 is 9.59 Å². The highest BCUT2D eigenvalue weighted by atomic mass is 16.2. The zero-order valence-corrected chi connectivity index (χ0v) is 15.6. The molecule has 0 atom stereocenters. The molecule has 3 rings (SSSR count). The van der Waals surface area contributed by atoms with Gasteiger partial charge >= 0.3 is 0 Å². The fourth-order valence-electron chi connectivity index (χ4n) is 3.24. The first-order valence-electron chi connectivity index (χ1n) is 9.30. The van der Waals surface area contributed by atoms with Crippen LogP contribution in [-0.2, 0) is 4.79 Å². The molecule has 2 aromatic carbocycles. The number of rotatable bonds is 7. The molecule has 1 saturated heterocycles. The van der Waals surface area contributed by atoms with Gasteiger partial charge in [-0.1, -0.05) is 18.2 Å². The molecular formula is C21H26N4O2. The highest BCUT2D eigenvalue weighted by Gasteiger charge is 2.19. The van der Waals surface area contributed by atoms with Gasteiger partial charge in [0.25, 0.3) is 5.91 Å². The molecule has 1 aliphatic heterocycles. The molecule has 0 spiro atoms. The summed E-state index contributed by atoms with van der Waals surface area (Å²) in [5.74, 6) is 0.177. The maximum Gasteiger partial charge on any atom is 0.258 e. The van der Waals surface area contributed by atoms with E-state index in [0.29, 0.717) is 17.7 Å². The van der Waals surface area contributed by atoms with Crippen molar-refractivity contribution in [2.24, 2.45) is 0 Å². The Morgan fingerprint density at radius 2 is 2.00 bits per heavy atom. The van der Waals surface area contributed by atoms with E-state index in [9.17, 15) is 9.59 Å². The number of nitrogen functional groups attached to an aromatic ring is 1. The molecule has 3 N–H and O–H groups in total. The van der Waals surface area contributed by atoms with Gasteiger partial charge in [-0.3, -0.25) is 9.59 Å². The number of benzene rings is 2. The molecule has 1 fully saturated rings. The van der Waals surface area contributed by atoms with Gasteiger partial charge in [0.15, 0.2) is 0 Å². The molecule has 0 aliphatic carbocycles. The number of carbonyl (C=O) groups is 2. The van der Waals surface area contributed by atoms with E-state index >= 15 is 0 Å². The van der Waals surface area contributed by atoms with Crippen LogP contribution in [0.1, 0.15) is 29.6 Å². The van der Waals surface area contributed by atoms with Gasteiger partial charge in [-0.15, -0.1) is 0 Å². The molecule has 0 unspecified atom stereocenters. The Morgan fingerprint density at radius 1 is 1.22 bits per heavy atom. The quantitative estimate of drug-likeness (QED) is 0.583. The van der Waals surface area contributed by atoms with Crippen LogP contribution in [-0.4, -0.2) is 43.4 Å². The predicted molar refractivity (Wildman–Crippen MR) is 109 cm³/mol. The summed E-state index contributed by atoms with van der Waals surface area (Å²) in [6.07, 6.45) is 2.52. The van der Waals surface area contributed by atoms with E-state index in [1.165, 1.54) is 0 Å². The third-order valence-corrected chi connectivity index (χ3v) is 4.84. The molecule has 1 heterocycles. The highest BCUT2D eigenvalue weighted by Crippen LogP contribution is 2.25. The first-order valence-corrected chi connectivity index (χ1v) is 9.30. The molecule has 6 heteroatoms. The fourth-order valence-corrected chi connectivity index (χ4v) is 3.24. The number of likely N-dealkylation sites (tertiary alicyclic amines) is 1. The van der Waals surface area contributed by atoms with Crippen molar-refractivity contribution in [1.82, 2.24) is 4.90 Å². The number of anilines is 3. The zero-order chi connectivity index (χ0) is 19.2. The van der Waals surface area contributed by atoms with Gasteiger partial charge in [0, 0.05) is 44.4 Å². The minimum absolute atomic E-state index is 0.0778. The monoisotopic (exact) mass is 366 g/mol. The maximum absolute atomic E-state index is 12.5. The molecule has 0 aromatic heterocycles. The number of nitrogens with zero attached hydrogens (tertiary/aromatic N) is 2. The minimum atomic E-state index is -0.0778. The molecule has 2 aromatic rings. The lowest BCUT2D eigenvalue weighted by atomic mass is 10.1. The lowest BCUT2D eigenvalue weighted by molar-refractivity contribution is -0.127. The van der Waals surface area contributed by atoms with Crippen LogP contribution >= 0.6 is 0 Å². The lowest BCUT2D eigenvalue weighted by Gasteiger charge is -2.20. The van der Waals surface area contributed by atoms with Crippen LogP contribution in [0.3, 0.4) is 0 Å². The standard InChI is InChI=1S/C21H26N4O2/c1-24(21(27)16-7-3-2-4-8-16)17-10-11-19(18(22)15-17)23-12-6-14-25-13-5-9-20(25)26/h2-4,7-8,10-11,15,23H,5-6,9,12-14,22H2,1H3. The second-order valence-electron chi connectivity index (χ2n) is 6.77. The Labute approximate surface area is 159 Å². The third-order valence-electron chi connectivity index (χ3n) is 4.84. The van der Waals surface area contributed by atoms with Crippen LogP contribution in [0, 0.1) is 0 Å². The van der Waals surface area contributed by atoms with Crippen molar-refractivity contribution in [3.8, 4) is 0 Å². The zero-order valence-electron chi connectivity index (χ0n) is 15.6. The first-order chi connectivity index (χ1) is 13.1. The van der Waals surface area contributed by atoms with Gasteiger partial charge < -0.3 is 20.9 Å². The Morgan fingerprint density at radius 3 is 2.67 bits per heavy atom. The van der Waals surface area contributed by atoms with Crippen LogP contribution < -0.4 is 16.0 Å². The van der Waals surface area contributed by atoms with Gasteiger partial charge in [-0.2, -0.15) is 0 Å². The maximum atomic E-state index is 12.5. The number of nitrogens with two attached hydrogens (primary N) is 1. The Bertz CT molecular complexity index is 807. The van der Waals surface area contributed by atoms with Gasteiger partial charge in [0.2, 0.25) is 5.91 Å². The van der Waals surface area contributed by atoms with Gasteiger partial charge in [0.1, 0.15) is 0 Å². The van der Waals surface area contributed by atoms with Crippen LogP contribution in [0.2, 0.25) is 0 Å². The van der Waals surface area contributed by atoms with Crippen molar-refractivity contribution in [2.45, 2.75) is 19.3 Å². The summed E-state index contributed by atoms with van der Waals surface area (Å²) in [5, 5.41) is 3.31. The summed E-state index contributed by atoms with van der Waals surface area (Å²) in [6.45, 7) is 2.39. The van der Waals surface area contributed by atoms with E-state index in [2.05, 4.69) is 5.32 Å². The average Bonchev–Trinajstić information content (AvgIpc) is 3.10. The molecule has 142 valence electrons. The second-order valence-corrected chi connectivity index (χ2v) is 6.77. The predicted octanol–water partition coefficient (Wildman–Crippen LogP) is 2.97. The van der Waals surface area contributed by atoms with Crippen LogP contribution in [0.5, 0.6) is 0 Å². The number of hydrogen-bond acceptors (Lipinski definition) is 4. The Balaban J connectivity index is 1.55. The van der Waals surface area contributed by atoms with E-state index in [1.807, 2.05) is 35.2 Å². The van der Waals surface area contributed by atoms with Crippen molar-refractivity contribution in [3.05, 3.63) is 54.1 Å². The fraction of sp³-hybridized carbons (Fsp3) is 0.333. The highest BCUT2D eigenvalue weighted by molar-refractivity contribution is 6.06. The topological polar surface area (TPSA) is 78.7 Å². The van der Waals surface area contributed by atoms with E-state index in [1.54, 1.807) is 30.1 Å². The van der Waals surface area contributed by atoms with Crippen LogP contribution in [0.25, 0.3) is 0 Å². The summed E-state index contributed by atoms with van der Waals surface area (Å²) < 4.78 is 0. The lowest BCUT2D eigenvalue weighted by Crippen LogP contribution is -2.27. The molecule has 0 saturated carbocycles. The van der Waals surface area contributed by atoms with Crippen molar-refractivity contribution in [3.63, 3.8) is 0 Å². The number of nitrogens with one attached hydrogen (secondary N) is 1.